The third-order valence-electron chi connectivity index (χ3n) is 1.06. The second-order valence-electron chi connectivity index (χ2n) is 2.23. The fourth-order valence-corrected chi connectivity index (χ4v) is 0.531. The van der Waals surface area contributed by atoms with Crippen molar-refractivity contribution >= 4 is 12.0 Å². The van der Waals surface area contributed by atoms with Crippen LogP contribution in [-0.2, 0) is 14.7 Å². The molecule has 0 rings (SSSR count). The molecule has 0 aromatic rings. The maximum Gasteiger partial charge on any atom is 0.380 e. The predicted molar refractivity (Wildman–Crippen MR) is 32.4 cm³/mol. The summed E-state index contributed by atoms with van der Waals surface area (Å²) >= 11 is 0. The molecular formula is C6H8NO3. The minimum atomic E-state index is -1.33. The minimum absolute atomic E-state index is 0.230. The van der Waals surface area contributed by atoms with Crippen molar-refractivity contribution in [3.63, 3.8) is 0 Å². The van der Waals surface area contributed by atoms with E-state index in [1.807, 2.05) is 0 Å². The largest absolute Gasteiger partial charge is 0.380 e. The van der Waals surface area contributed by atoms with E-state index in [-0.39, 0.29) is 5.92 Å². The fraction of sp³-hybridized carbons (Fsp3) is 0.667. The van der Waals surface area contributed by atoms with Crippen LogP contribution < -0.4 is 0 Å². The lowest BCUT2D eigenvalue weighted by molar-refractivity contribution is -0.145. The Kier molecular flexibility index (Phi) is 3.36. The highest BCUT2D eigenvalue weighted by atomic mass is 16.4. The SMILES string of the molecule is CC(C)C(N=C=O)C([O])=O. The number of rotatable bonds is 3. The lowest BCUT2D eigenvalue weighted by atomic mass is 10.1. The number of hydrogen-bond acceptors (Lipinski definition) is 3. The molecule has 0 aliphatic heterocycles. The average Bonchev–Trinajstić information content (AvgIpc) is 1.81. The van der Waals surface area contributed by atoms with Crippen molar-refractivity contribution < 1.29 is 14.7 Å². The second kappa shape index (κ2) is 3.80. The zero-order chi connectivity index (χ0) is 8.15. The van der Waals surface area contributed by atoms with E-state index in [4.69, 9.17) is 0 Å². The summed E-state index contributed by atoms with van der Waals surface area (Å²) in [5.74, 6) is -1.56. The van der Waals surface area contributed by atoms with Gasteiger partial charge in [-0.25, -0.2) is 14.7 Å². The van der Waals surface area contributed by atoms with E-state index in [1.54, 1.807) is 13.8 Å². The van der Waals surface area contributed by atoms with Crippen LogP contribution >= 0.6 is 0 Å². The molecule has 0 aliphatic carbocycles. The number of carbonyl (C=O) groups excluding carboxylic acids is 2. The predicted octanol–water partition coefficient (Wildman–Crippen LogP) is 0.304. The summed E-state index contributed by atoms with van der Waals surface area (Å²) in [7, 11) is 0. The van der Waals surface area contributed by atoms with Gasteiger partial charge in [0, 0.05) is 0 Å². The summed E-state index contributed by atoms with van der Waals surface area (Å²) in [5, 5.41) is 10.1. The van der Waals surface area contributed by atoms with Crippen molar-refractivity contribution in [3.8, 4) is 0 Å². The average molecular weight is 142 g/mol. The van der Waals surface area contributed by atoms with Crippen LogP contribution in [0.4, 0.5) is 0 Å². The Morgan fingerprint density at radius 3 is 2.10 bits per heavy atom. The van der Waals surface area contributed by atoms with Crippen molar-refractivity contribution in [2.45, 2.75) is 19.9 Å². The van der Waals surface area contributed by atoms with Gasteiger partial charge in [0.25, 0.3) is 0 Å². The molecule has 0 amide bonds. The Balaban J connectivity index is 4.26. The molecule has 0 aromatic heterocycles. The highest BCUT2D eigenvalue weighted by Gasteiger charge is 2.21. The van der Waals surface area contributed by atoms with Crippen LogP contribution in [-0.4, -0.2) is 18.1 Å². The van der Waals surface area contributed by atoms with Crippen LogP contribution in [0.1, 0.15) is 13.8 Å². The smallest absolute Gasteiger partial charge is 0.245 e. The fourth-order valence-electron chi connectivity index (χ4n) is 0.531. The van der Waals surface area contributed by atoms with E-state index >= 15 is 0 Å². The third-order valence-corrected chi connectivity index (χ3v) is 1.06. The van der Waals surface area contributed by atoms with Crippen LogP contribution in [0.3, 0.4) is 0 Å². The van der Waals surface area contributed by atoms with Crippen molar-refractivity contribution in [2.24, 2.45) is 10.9 Å². The third kappa shape index (κ3) is 2.42. The monoisotopic (exact) mass is 142 g/mol. The quantitative estimate of drug-likeness (QED) is 0.420. The molecular weight excluding hydrogens is 134 g/mol. The Labute approximate surface area is 58.6 Å². The van der Waals surface area contributed by atoms with Gasteiger partial charge in [-0.2, -0.15) is 4.99 Å². The molecule has 0 aliphatic rings. The lowest BCUT2D eigenvalue weighted by Gasteiger charge is -2.05. The lowest BCUT2D eigenvalue weighted by Crippen LogP contribution is -2.22. The van der Waals surface area contributed by atoms with Crippen LogP contribution in [0.25, 0.3) is 0 Å². The summed E-state index contributed by atoms with van der Waals surface area (Å²) in [4.78, 5) is 22.8. The molecule has 0 saturated heterocycles. The number of nitrogens with zero attached hydrogens (tertiary/aromatic N) is 1. The molecule has 10 heavy (non-hydrogen) atoms. The van der Waals surface area contributed by atoms with Gasteiger partial charge >= 0.3 is 5.97 Å². The van der Waals surface area contributed by atoms with E-state index in [1.165, 1.54) is 6.08 Å². The van der Waals surface area contributed by atoms with Gasteiger partial charge in [-0.1, -0.05) is 13.8 Å². The molecule has 1 radical (unpaired) electrons. The first-order valence-electron chi connectivity index (χ1n) is 2.87. The summed E-state index contributed by atoms with van der Waals surface area (Å²) in [6, 6.07) is -1.06. The summed E-state index contributed by atoms with van der Waals surface area (Å²) in [5.41, 5.74) is 0. The first-order valence-corrected chi connectivity index (χ1v) is 2.87. The van der Waals surface area contributed by atoms with Crippen LogP contribution in [0, 0.1) is 5.92 Å². The number of aliphatic imine (C=N–C) groups is 1. The Hall–Kier alpha value is -1.15. The molecule has 0 saturated carbocycles. The summed E-state index contributed by atoms with van der Waals surface area (Å²) in [6.07, 6.45) is 1.18. The van der Waals surface area contributed by atoms with E-state index in [2.05, 4.69) is 4.99 Å². The van der Waals surface area contributed by atoms with Crippen molar-refractivity contribution in [1.29, 1.82) is 0 Å². The number of isocyanates is 1. The van der Waals surface area contributed by atoms with E-state index in [0.717, 1.165) is 0 Å². The van der Waals surface area contributed by atoms with Gasteiger partial charge in [-0.15, -0.1) is 0 Å². The molecule has 4 nitrogen and oxygen atoms in total. The van der Waals surface area contributed by atoms with Crippen molar-refractivity contribution in [2.75, 3.05) is 0 Å². The number of hydrogen-bond donors (Lipinski definition) is 0. The van der Waals surface area contributed by atoms with Gasteiger partial charge in [0.15, 0.2) is 6.04 Å². The second-order valence-corrected chi connectivity index (χ2v) is 2.23. The number of carbonyl (C=O) groups is 1. The van der Waals surface area contributed by atoms with E-state index in [0.29, 0.717) is 0 Å². The molecule has 0 heterocycles. The zero-order valence-corrected chi connectivity index (χ0v) is 5.83. The first-order chi connectivity index (χ1) is 4.59. The van der Waals surface area contributed by atoms with Gasteiger partial charge in [0.05, 0.1) is 0 Å². The minimum Gasteiger partial charge on any atom is -0.245 e. The summed E-state index contributed by atoms with van der Waals surface area (Å²) < 4.78 is 0. The van der Waals surface area contributed by atoms with Gasteiger partial charge in [0.2, 0.25) is 6.08 Å². The molecule has 1 atom stereocenters. The molecule has 0 N–H and O–H groups in total. The molecule has 0 bridgehead atoms. The highest BCUT2D eigenvalue weighted by molar-refractivity contribution is 5.74. The molecule has 1 unspecified atom stereocenters. The highest BCUT2D eigenvalue weighted by Crippen LogP contribution is 2.05. The Bertz CT molecular complexity index is 168. The van der Waals surface area contributed by atoms with Gasteiger partial charge in [0.1, 0.15) is 0 Å². The van der Waals surface area contributed by atoms with Crippen LogP contribution in [0.5, 0.6) is 0 Å². The molecule has 55 valence electrons. The van der Waals surface area contributed by atoms with E-state index < -0.39 is 12.0 Å². The van der Waals surface area contributed by atoms with Crippen molar-refractivity contribution in [3.05, 3.63) is 0 Å². The molecule has 0 aromatic carbocycles. The normalized spacial score (nSPS) is 12.3. The van der Waals surface area contributed by atoms with E-state index in [9.17, 15) is 14.7 Å². The molecule has 0 spiro atoms. The standard InChI is InChI=1S/C6H8NO3/c1-4(2)5(6(9)10)7-3-8/h4-5H,1-2H3. The molecule has 4 heteroatoms. The maximum atomic E-state index is 10.1. The van der Waals surface area contributed by atoms with Crippen LogP contribution in [0.15, 0.2) is 4.99 Å². The molecule has 0 fully saturated rings. The zero-order valence-electron chi connectivity index (χ0n) is 5.83. The van der Waals surface area contributed by atoms with Gasteiger partial charge in [-0.05, 0) is 5.92 Å². The first kappa shape index (κ1) is 8.85. The topological polar surface area (TPSA) is 66.4 Å². The van der Waals surface area contributed by atoms with Gasteiger partial charge in [-0.3, -0.25) is 0 Å². The summed E-state index contributed by atoms with van der Waals surface area (Å²) in [6.45, 7) is 3.28. The van der Waals surface area contributed by atoms with Crippen LogP contribution in [0.2, 0.25) is 0 Å². The Morgan fingerprint density at radius 2 is 2.00 bits per heavy atom. The Morgan fingerprint density at radius 1 is 1.50 bits per heavy atom. The maximum absolute atomic E-state index is 10.1. The van der Waals surface area contributed by atoms with Gasteiger partial charge < -0.3 is 0 Å². The van der Waals surface area contributed by atoms with Crippen molar-refractivity contribution in [1.82, 2.24) is 0 Å².